The summed E-state index contributed by atoms with van der Waals surface area (Å²) in [7, 11) is 0. The quantitative estimate of drug-likeness (QED) is 0.244. The van der Waals surface area contributed by atoms with Gasteiger partial charge < -0.3 is 5.11 Å². The highest BCUT2D eigenvalue weighted by molar-refractivity contribution is 5.95. The standard InChI is InChI=1S/C33H35F6NO/c34-32(35,36)25-19-26(33(37,38)39)21-27(20-25)40-22-30-28(23-13-11-8-12-14-23)17-18-29(31(30)41)24-15-9-6-4-2-1-3-5-7-10-16-24/h8,11-14,17-22,24,41H,1-7,9-10,15-16H2. The Balaban J connectivity index is 1.77. The predicted molar refractivity (Wildman–Crippen MR) is 151 cm³/mol. The first kappa shape index (κ1) is 30.7. The van der Waals surface area contributed by atoms with Gasteiger partial charge >= 0.3 is 12.4 Å². The molecule has 0 bridgehead atoms. The van der Waals surface area contributed by atoms with Crippen LogP contribution in [0.15, 0.2) is 65.7 Å². The number of nitrogens with zero attached hydrogens (tertiary/aromatic N) is 1. The van der Waals surface area contributed by atoms with Crippen LogP contribution >= 0.6 is 0 Å². The van der Waals surface area contributed by atoms with E-state index in [1.54, 1.807) is 0 Å². The molecule has 0 unspecified atom stereocenters. The first-order chi connectivity index (χ1) is 19.5. The third-order valence-electron chi connectivity index (χ3n) is 7.79. The Morgan fingerprint density at radius 1 is 0.659 bits per heavy atom. The fraction of sp³-hybridized carbons (Fsp3) is 0.424. The van der Waals surface area contributed by atoms with E-state index in [-0.39, 0.29) is 23.3 Å². The summed E-state index contributed by atoms with van der Waals surface area (Å²) in [5, 5.41) is 11.6. The number of halogens is 6. The molecule has 1 fully saturated rings. The second-order valence-corrected chi connectivity index (χ2v) is 10.8. The summed E-state index contributed by atoms with van der Waals surface area (Å²) in [5.74, 6) is 0.0620. The maximum atomic E-state index is 13.4. The first-order valence-electron chi connectivity index (χ1n) is 14.3. The van der Waals surface area contributed by atoms with Gasteiger partial charge in [0.1, 0.15) is 5.75 Å². The van der Waals surface area contributed by atoms with Crippen molar-refractivity contribution < 1.29 is 31.4 Å². The summed E-state index contributed by atoms with van der Waals surface area (Å²) < 4.78 is 80.5. The van der Waals surface area contributed by atoms with E-state index in [2.05, 4.69) is 4.99 Å². The van der Waals surface area contributed by atoms with Gasteiger partial charge in [0.05, 0.1) is 16.8 Å². The Bertz CT molecular complexity index is 1270. The molecular formula is C33H35F6NO. The Kier molecular flexibility index (Phi) is 10.2. The second kappa shape index (κ2) is 13.6. The van der Waals surface area contributed by atoms with E-state index in [1.165, 1.54) is 38.3 Å². The van der Waals surface area contributed by atoms with Crippen LogP contribution in [-0.2, 0) is 12.4 Å². The number of aromatic hydroxyl groups is 1. The fourth-order valence-electron chi connectivity index (χ4n) is 5.58. The number of alkyl halides is 6. The average molecular weight is 576 g/mol. The molecular weight excluding hydrogens is 540 g/mol. The van der Waals surface area contributed by atoms with Crippen LogP contribution in [-0.4, -0.2) is 11.3 Å². The molecule has 0 spiro atoms. The zero-order chi connectivity index (χ0) is 29.5. The van der Waals surface area contributed by atoms with Gasteiger partial charge in [-0.3, -0.25) is 4.99 Å². The maximum Gasteiger partial charge on any atom is 0.416 e. The summed E-state index contributed by atoms with van der Waals surface area (Å²) in [5.41, 5.74) is -1.03. The van der Waals surface area contributed by atoms with Crippen molar-refractivity contribution >= 4 is 11.9 Å². The first-order valence-corrected chi connectivity index (χ1v) is 14.3. The van der Waals surface area contributed by atoms with Gasteiger partial charge in [0.25, 0.3) is 0 Å². The van der Waals surface area contributed by atoms with E-state index in [4.69, 9.17) is 0 Å². The minimum absolute atomic E-state index is 0.0322. The summed E-state index contributed by atoms with van der Waals surface area (Å²) in [6.45, 7) is 0. The lowest BCUT2D eigenvalue weighted by molar-refractivity contribution is -0.143. The van der Waals surface area contributed by atoms with E-state index in [0.29, 0.717) is 17.7 Å². The van der Waals surface area contributed by atoms with Crippen molar-refractivity contribution in [1.29, 1.82) is 0 Å². The molecule has 1 aliphatic carbocycles. The van der Waals surface area contributed by atoms with E-state index in [0.717, 1.165) is 49.7 Å². The fourth-order valence-corrected chi connectivity index (χ4v) is 5.58. The van der Waals surface area contributed by atoms with Crippen LogP contribution in [0.5, 0.6) is 5.75 Å². The third kappa shape index (κ3) is 8.37. The number of hydrogen-bond donors (Lipinski definition) is 1. The van der Waals surface area contributed by atoms with E-state index in [9.17, 15) is 31.4 Å². The zero-order valence-corrected chi connectivity index (χ0v) is 22.9. The molecule has 0 radical (unpaired) electrons. The molecule has 8 heteroatoms. The molecule has 0 aliphatic heterocycles. The molecule has 4 rings (SSSR count). The number of rotatable bonds is 4. The number of phenolic OH excluding ortho intramolecular Hbond substituents is 1. The van der Waals surface area contributed by atoms with Crippen LogP contribution in [0.3, 0.4) is 0 Å². The molecule has 1 N–H and O–H groups in total. The normalized spacial score (nSPS) is 16.8. The monoisotopic (exact) mass is 575 g/mol. The molecule has 0 heterocycles. The Hall–Kier alpha value is -3.29. The molecule has 220 valence electrons. The number of aliphatic imine (C=N–C) groups is 1. The number of phenols is 1. The largest absolute Gasteiger partial charge is 0.507 e. The summed E-state index contributed by atoms with van der Waals surface area (Å²) in [6.07, 6.45) is 3.41. The lowest BCUT2D eigenvalue weighted by Gasteiger charge is -2.22. The smallest absolute Gasteiger partial charge is 0.416 e. The van der Waals surface area contributed by atoms with Gasteiger partial charge in [-0.1, -0.05) is 100 Å². The van der Waals surface area contributed by atoms with Crippen LogP contribution in [0, 0.1) is 0 Å². The minimum atomic E-state index is -4.98. The van der Waals surface area contributed by atoms with Crippen molar-refractivity contribution in [3.8, 4) is 16.9 Å². The maximum absolute atomic E-state index is 13.4. The Morgan fingerprint density at radius 2 is 1.17 bits per heavy atom. The van der Waals surface area contributed by atoms with E-state index in [1.807, 2.05) is 42.5 Å². The summed E-state index contributed by atoms with van der Waals surface area (Å²) >= 11 is 0. The molecule has 3 aromatic rings. The number of benzene rings is 3. The van der Waals surface area contributed by atoms with E-state index < -0.39 is 29.2 Å². The molecule has 0 aromatic heterocycles. The highest BCUT2D eigenvalue weighted by Crippen LogP contribution is 2.41. The molecule has 1 saturated carbocycles. The lowest BCUT2D eigenvalue weighted by Crippen LogP contribution is -2.10. The topological polar surface area (TPSA) is 32.6 Å². The molecule has 0 atom stereocenters. The molecule has 41 heavy (non-hydrogen) atoms. The number of hydrogen-bond acceptors (Lipinski definition) is 2. The van der Waals surface area contributed by atoms with Crippen LogP contribution in [0.25, 0.3) is 11.1 Å². The van der Waals surface area contributed by atoms with Crippen LogP contribution in [0.4, 0.5) is 32.0 Å². The van der Waals surface area contributed by atoms with Crippen LogP contribution in [0.1, 0.15) is 98.8 Å². The van der Waals surface area contributed by atoms with Crippen molar-refractivity contribution in [2.24, 2.45) is 4.99 Å². The minimum Gasteiger partial charge on any atom is -0.507 e. The van der Waals surface area contributed by atoms with Crippen LogP contribution in [0.2, 0.25) is 0 Å². The van der Waals surface area contributed by atoms with Crippen molar-refractivity contribution in [2.75, 3.05) is 0 Å². The van der Waals surface area contributed by atoms with Crippen LogP contribution < -0.4 is 0 Å². The SMILES string of the molecule is Oc1c(C2CCCCCCCCCCC2)ccc(-c2ccccc2)c1C=Nc1cc(C(F)(F)F)cc(C(F)(F)F)c1. The molecule has 0 saturated heterocycles. The summed E-state index contributed by atoms with van der Waals surface area (Å²) in [4.78, 5) is 4.06. The van der Waals surface area contributed by atoms with Gasteiger partial charge in [-0.2, -0.15) is 26.3 Å². The second-order valence-electron chi connectivity index (χ2n) is 10.8. The highest BCUT2D eigenvalue weighted by Gasteiger charge is 2.37. The van der Waals surface area contributed by atoms with Crippen molar-refractivity contribution in [3.05, 3.63) is 82.9 Å². The molecule has 0 amide bonds. The van der Waals surface area contributed by atoms with Gasteiger partial charge in [0.2, 0.25) is 0 Å². The van der Waals surface area contributed by atoms with E-state index >= 15 is 0 Å². The lowest BCUT2D eigenvalue weighted by atomic mass is 9.84. The Labute approximate surface area is 237 Å². The van der Waals surface area contributed by atoms with Gasteiger partial charge in [-0.25, -0.2) is 0 Å². The van der Waals surface area contributed by atoms with Crippen molar-refractivity contribution in [2.45, 2.75) is 88.9 Å². The molecule has 3 aromatic carbocycles. The zero-order valence-electron chi connectivity index (χ0n) is 22.9. The van der Waals surface area contributed by atoms with Gasteiger partial charge in [-0.05, 0) is 53.6 Å². The van der Waals surface area contributed by atoms with Gasteiger partial charge in [0.15, 0.2) is 0 Å². The van der Waals surface area contributed by atoms with Gasteiger partial charge in [-0.15, -0.1) is 0 Å². The third-order valence-corrected chi connectivity index (χ3v) is 7.79. The molecule has 2 nitrogen and oxygen atoms in total. The van der Waals surface area contributed by atoms with Crippen molar-refractivity contribution in [1.82, 2.24) is 0 Å². The summed E-state index contributed by atoms with van der Waals surface area (Å²) in [6, 6.07) is 14.1. The average Bonchev–Trinajstić information content (AvgIpc) is 2.92. The van der Waals surface area contributed by atoms with Crippen molar-refractivity contribution in [3.63, 3.8) is 0 Å². The predicted octanol–water partition coefficient (Wildman–Crippen LogP) is 11.2. The molecule has 1 aliphatic rings. The Morgan fingerprint density at radius 3 is 1.68 bits per heavy atom. The van der Waals surface area contributed by atoms with Gasteiger partial charge in [0, 0.05) is 11.8 Å². The highest BCUT2D eigenvalue weighted by atomic mass is 19.4.